The van der Waals surface area contributed by atoms with Crippen molar-refractivity contribution in [2.24, 2.45) is 0 Å². The molecular formula is ClIKNaO. The van der Waals surface area contributed by atoms with Crippen molar-refractivity contribution < 1.29 is 110 Å². The van der Waals surface area contributed by atoms with Crippen LogP contribution in [0, 0.1) is 0 Å². The minimum atomic E-state index is 0. The third-order valence-electron chi connectivity index (χ3n) is 0. The molecule has 0 aromatic heterocycles. The maximum Gasteiger partial charge on any atom is 1.00 e. The van der Waals surface area contributed by atoms with E-state index in [9.17, 15) is 0 Å². The molecule has 0 bridgehead atoms. The van der Waals surface area contributed by atoms with Crippen molar-refractivity contribution in [3.63, 3.8) is 0 Å². The van der Waals surface area contributed by atoms with Gasteiger partial charge in [-0.05, 0) is 0 Å². The molecule has 0 N–H and O–H groups in total. The fraction of sp³-hybridized carbons (Fsp3) is 0. The van der Waals surface area contributed by atoms with E-state index in [-0.39, 0.29) is 105 Å². The summed E-state index contributed by atoms with van der Waals surface area (Å²) >= 11 is 3.39. The van der Waals surface area contributed by atoms with Crippen LogP contribution in [0.3, 0.4) is 0 Å². The summed E-state index contributed by atoms with van der Waals surface area (Å²) in [6.07, 6.45) is 0. The van der Waals surface area contributed by atoms with Gasteiger partial charge in [-0.25, -0.2) is 11.9 Å². The summed E-state index contributed by atoms with van der Waals surface area (Å²) in [7, 11) is 0. The Morgan fingerprint density at radius 3 is 1.20 bits per heavy atom. The number of hydrogen-bond acceptors (Lipinski definition) is 1. The van der Waals surface area contributed by atoms with Gasteiger partial charge in [0.05, 0.1) is 0 Å². The molecule has 0 fully saturated rings. The predicted octanol–water partition coefficient (Wildman–Crippen LogP) is -9.49. The van der Waals surface area contributed by atoms with Crippen LogP contribution in [0.15, 0.2) is 0 Å². The van der Waals surface area contributed by atoms with E-state index < -0.39 is 0 Å². The molecule has 5 heteroatoms. The summed E-state index contributed by atoms with van der Waals surface area (Å²) in [6, 6.07) is 0. The van der Waals surface area contributed by atoms with Crippen LogP contribution in [-0.4, -0.2) is 0 Å². The summed E-state index contributed by atoms with van der Waals surface area (Å²) in [6.45, 7) is 0. The Kier molecular flexibility index (Phi) is 120. The van der Waals surface area contributed by atoms with Crippen molar-refractivity contribution in [1.82, 2.24) is 0 Å². The molecule has 0 aliphatic heterocycles. The normalized spacial score (nSPS) is 1.20. The average molecular weight is 240 g/mol. The minimum Gasteiger partial charge on any atom is -1.00 e. The molecule has 0 aliphatic carbocycles. The summed E-state index contributed by atoms with van der Waals surface area (Å²) in [5.74, 6) is 0. The average Bonchev–Trinajstić information content (AvgIpc) is 1.00. The summed E-state index contributed by atoms with van der Waals surface area (Å²) < 4.78 is 7.72. The quantitative estimate of drug-likeness (QED) is 0.305. The van der Waals surface area contributed by atoms with E-state index in [2.05, 4.69) is 11.9 Å². The van der Waals surface area contributed by atoms with Crippen molar-refractivity contribution >= 4 is 11.9 Å². The molecule has 0 saturated heterocycles. The first-order valence-corrected chi connectivity index (χ1v) is 0.463. The maximum absolute atomic E-state index is 7.72. The smallest absolute Gasteiger partial charge is 1.00 e. The van der Waals surface area contributed by atoms with Crippen LogP contribution in [0.2, 0.25) is 0 Å². The summed E-state index contributed by atoms with van der Waals surface area (Å²) in [4.78, 5) is 0. The molecule has 1 nitrogen and oxygen atoms in total. The monoisotopic (exact) mass is 240 g/mol. The van der Waals surface area contributed by atoms with E-state index in [4.69, 9.17) is 4.66 Å². The Balaban J connectivity index is -0.00000000167. The minimum absolute atomic E-state index is 0. The van der Waals surface area contributed by atoms with E-state index in [1.165, 1.54) is 0 Å². The van der Waals surface area contributed by atoms with Crippen LogP contribution in [0.5, 0.6) is 0 Å². The van der Waals surface area contributed by atoms with Gasteiger partial charge in [0.2, 0.25) is 0 Å². The topological polar surface area (TPSA) is 23.1 Å². The molecule has 0 aliphatic rings. The zero-order valence-corrected chi connectivity index (χ0v) is 11.2. The number of hydrogen-bond donors (Lipinski definition) is 0. The van der Waals surface area contributed by atoms with Crippen LogP contribution in [0.25, 0.3) is 0 Å². The van der Waals surface area contributed by atoms with Gasteiger partial charge >= 0.3 is 80.9 Å². The van der Waals surface area contributed by atoms with Crippen molar-refractivity contribution in [3.8, 4) is 0 Å². The fourth-order valence-electron chi connectivity index (χ4n) is 0. The molecule has 0 heterocycles. The van der Waals surface area contributed by atoms with Gasteiger partial charge in [-0.2, -0.15) is 0 Å². The predicted molar refractivity (Wildman–Crippen MR) is 5.85 cm³/mol. The summed E-state index contributed by atoms with van der Waals surface area (Å²) in [5, 5.41) is 0. The molecule has 0 aromatic rings. The van der Waals surface area contributed by atoms with Crippen LogP contribution in [0.4, 0.5) is 0 Å². The number of halogens is 2. The van der Waals surface area contributed by atoms with E-state index in [1.54, 1.807) is 0 Å². The molecule has 0 radical (unpaired) electrons. The number of rotatable bonds is 0. The summed E-state index contributed by atoms with van der Waals surface area (Å²) in [5.41, 5.74) is 0. The second kappa shape index (κ2) is 25.5. The van der Waals surface area contributed by atoms with Gasteiger partial charge in [0.25, 0.3) is 0 Å². The van der Waals surface area contributed by atoms with Gasteiger partial charge in [0.15, 0.2) is 0 Å². The molecule has 0 rings (SSSR count). The Morgan fingerprint density at radius 2 is 1.20 bits per heavy atom. The largest absolute Gasteiger partial charge is 1.00 e. The Labute approximate surface area is 118 Å². The Morgan fingerprint density at radius 1 is 1.20 bits per heavy atom. The SMILES string of the molecule is [I-].[K+].[Na+].[O-]Cl. The van der Waals surface area contributed by atoms with E-state index in [0.29, 0.717) is 0 Å². The first-order chi connectivity index (χ1) is 1.00. The molecule has 5 heavy (non-hydrogen) atoms. The van der Waals surface area contributed by atoms with Gasteiger partial charge in [-0.1, -0.05) is 0 Å². The molecule has 0 atom stereocenters. The Hall–Kier alpha value is 3.62. The van der Waals surface area contributed by atoms with Crippen molar-refractivity contribution in [1.29, 1.82) is 0 Å². The van der Waals surface area contributed by atoms with Gasteiger partial charge < -0.3 is 28.6 Å². The van der Waals surface area contributed by atoms with Crippen LogP contribution >= 0.6 is 11.9 Å². The van der Waals surface area contributed by atoms with Crippen molar-refractivity contribution in [2.45, 2.75) is 0 Å². The molecule has 0 aromatic carbocycles. The van der Waals surface area contributed by atoms with Gasteiger partial charge in [0, 0.05) is 0 Å². The first kappa shape index (κ1) is 23.5. The van der Waals surface area contributed by atoms with Crippen LogP contribution in [-0.2, 0) is 0 Å². The van der Waals surface area contributed by atoms with Crippen molar-refractivity contribution in [3.05, 3.63) is 0 Å². The van der Waals surface area contributed by atoms with Gasteiger partial charge in [-0.15, -0.1) is 0 Å². The molecule has 0 unspecified atom stereocenters. The third-order valence-corrected chi connectivity index (χ3v) is 0. The standard InChI is InChI=1S/ClO.HI.K.Na/c1-2;;;/h;1H;;/q-1;;2*+1/p-1. The molecule has 0 saturated carbocycles. The molecule has 0 amide bonds. The first-order valence-electron chi connectivity index (χ1n) is 0.154. The third kappa shape index (κ3) is 18.4. The molecular weight excluding hydrogens is 240 g/mol. The van der Waals surface area contributed by atoms with Crippen molar-refractivity contribution in [2.75, 3.05) is 0 Å². The maximum atomic E-state index is 7.72. The van der Waals surface area contributed by atoms with Gasteiger partial charge in [-0.3, -0.25) is 0 Å². The molecule has 0 spiro atoms. The zero-order chi connectivity index (χ0) is 2.00. The zero-order valence-electron chi connectivity index (χ0n) is 3.16. The van der Waals surface area contributed by atoms with E-state index in [0.717, 1.165) is 0 Å². The fourth-order valence-corrected chi connectivity index (χ4v) is 0. The second-order valence-electron chi connectivity index (χ2n) is 0. The molecule has 22 valence electrons. The van der Waals surface area contributed by atoms with Crippen LogP contribution < -0.4 is 110 Å². The van der Waals surface area contributed by atoms with Gasteiger partial charge in [0.1, 0.15) is 0 Å². The Bertz CT molecular complexity index is 11.6. The van der Waals surface area contributed by atoms with E-state index >= 15 is 0 Å². The van der Waals surface area contributed by atoms with E-state index in [1.807, 2.05) is 0 Å². The second-order valence-corrected chi connectivity index (χ2v) is 0. The van der Waals surface area contributed by atoms with Crippen LogP contribution in [0.1, 0.15) is 0 Å².